The molecular weight excluding hydrogens is 1260 g/mol. The standard InChI is InChI=1S/C20H13ClFN5O3.C12H11ClN2O.C8H3ClFN3O2.C8H4FN3O3.C2H3N.Cl3OP/c21-15-7-12(4-5-19(15)30-10-13-3-1-2-6-23-13)26-20-14-8-18(27(28)29)16(22)9-17(14)24-11-25-20;13-11-7-9(14)4-5-12(11)16-8-10-3-1-2-6-15-10;9-8-4-1-7(13(14)15)5(10)2-6(4)11-3-12-8;9-5-2-6-4(1-7(5)12(14)15)8(13)11-3-10-6;1-2-3;1-5(2,3)4/h1-9,11H,10H2,(H,24,25,26);1-7H,8,14H2;1-3H;1-3H,(H,10,11,13);1H3;. The molecule has 10 aromatic rings. The van der Waals surface area contributed by atoms with E-state index in [1.54, 1.807) is 54.9 Å². The van der Waals surface area contributed by atoms with Gasteiger partial charge in [-0.3, -0.25) is 49.7 Å². The number of hydrogen-bond donors (Lipinski definition) is 3. The van der Waals surface area contributed by atoms with E-state index in [-0.39, 0.29) is 44.9 Å². The molecule has 432 valence electrons. The summed E-state index contributed by atoms with van der Waals surface area (Å²) in [7, 11) is 0. The van der Waals surface area contributed by atoms with E-state index in [9.17, 15) is 52.9 Å². The van der Waals surface area contributed by atoms with Gasteiger partial charge < -0.3 is 25.5 Å². The number of aromatic amines is 1. The Morgan fingerprint density at radius 2 is 1.07 bits per heavy atom. The number of nitrogens with zero attached hydrogens (tertiary/aromatic N) is 11. The van der Waals surface area contributed by atoms with Gasteiger partial charge in [-0.25, -0.2) is 24.9 Å². The summed E-state index contributed by atoms with van der Waals surface area (Å²) < 4.78 is 60.9. The van der Waals surface area contributed by atoms with E-state index >= 15 is 0 Å². The average Bonchev–Trinajstić information content (AvgIpc) is 2.32. The normalized spacial score (nSPS) is 10.3. The molecule has 5 heterocycles. The van der Waals surface area contributed by atoms with Crippen molar-refractivity contribution >= 4 is 141 Å². The third-order valence-corrected chi connectivity index (χ3v) is 10.9. The van der Waals surface area contributed by atoms with Crippen molar-refractivity contribution in [1.29, 1.82) is 5.26 Å². The molecule has 0 saturated heterocycles. The first kappa shape index (κ1) is 65.7. The summed E-state index contributed by atoms with van der Waals surface area (Å²) >= 11 is 31.8. The smallest absolute Gasteiger partial charge is 0.339 e. The van der Waals surface area contributed by atoms with E-state index in [2.05, 4.69) is 78.9 Å². The fraction of sp³-hybridized carbons (Fsp3) is 0.0600. The molecule has 5 aromatic carbocycles. The molecule has 0 aliphatic carbocycles. The maximum absolute atomic E-state index is 13.9. The summed E-state index contributed by atoms with van der Waals surface area (Å²) in [6.45, 7) is 2.09. The second kappa shape index (κ2) is 31.3. The number of benzene rings is 5. The van der Waals surface area contributed by atoms with Crippen LogP contribution in [0.5, 0.6) is 11.5 Å². The van der Waals surface area contributed by atoms with Crippen LogP contribution in [0.4, 0.5) is 47.4 Å². The number of ether oxygens (including phenoxy) is 2. The number of aromatic nitrogens is 8. The molecule has 0 aliphatic rings. The lowest BCUT2D eigenvalue weighted by molar-refractivity contribution is -0.387. The van der Waals surface area contributed by atoms with Gasteiger partial charge in [-0.2, -0.15) is 18.4 Å². The summed E-state index contributed by atoms with van der Waals surface area (Å²) in [5, 5.41) is 40.5. The number of fused-ring (bicyclic) bond motifs is 3. The summed E-state index contributed by atoms with van der Waals surface area (Å²) in [6.07, 6.45) is 6.91. The molecule has 4 N–H and O–H groups in total. The Morgan fingerprint density at radius 3 is 1.54 bits per heavy atom. The first-order valence-corrected chi connectivity index (χ1v) is 28.2. The summed E-state index contributed by atoms with van der Waals surface area (Å²) in [5.41, 5.74) is 6.37. The van der Waals surface area contributed by atoms with E-state index in [0.29, 0.717) is 44.9 Å². The zero-order valence-corrected chi connectivity index (χ0v) is 47.6. The highest BCUT2D eigenvalue weighted by Crippen LogP contribution is 2.61. The first-order chi connectivity index (χ1) is 39.9. The van der Waals surface area contributed by atoms with Gasteiger partial charge in [-0.15, -0.1) is 0 Å². The second-order valence-electron chi connectivity index (χ2n) is 15.7. The van der Waals surface area contributed by atoms with Crippen molar-refractivity contribution in [3.05, 3.63) is 225 Å². The van der Waals surface area contributed by atoms with Gasteiger partial charge in [0.15, 0.2) is 0 Å². The molecule has 5 aromatic heterocycles. The summed E-state index contributed by atoms with van der Waals surface area (Å²) in [4.78, 5) is 70.4. The molecule has 0 aliphatic heterocycles. The van der Waals surface area contributed by atoms with Crippen LogP contribution in [-0.4, -0.2) is 54.6 Å². The van der Waals surface area contributed by atoms with Crippen molar-refractivity contribution < 1.29 is 42.0 Å². The van der Waals surface area contributed by atoms with Crippen molar-refractivity contribution in [1.82, 2.24) is 39.9 Å². The lowest BCUT2D eigenvalue weighted by Gasteiger charge is -2.11. The monoisotopic (exact) mass is 1290 g/mol. The van der Waals surface area contributed by atoms with Gasteiger partial charge in [0.1, 0.15) is 48.3 Å². The lowest BCUT2D eigenvalue weighted by Crippen LogP contribution is -2.07. The first-order valence-electron chi connectivity index (χ1n) is 22.7. The quantitative estimate of drug-likeness (QED) is 0.0356. The van der Waals surface area contributed by atoms with Crippen LogP contribution < -0.4 is 26.1 Å². The Morgan fingerprint density at radius 1 is 0.631 bits per heavy atom. The maximum Gasteiger partial charge on any atom is 0.339 e. The fourth-order valence-corrected chi connectivity index (χ4v) is 7.11. The number of nitro benzene ring substituents is 3. The minimum atomic E-state index is -3.22. The molecule has 0 saturated carbocycles. The van der Waals surface area contributed by atoms with Crippen LogP contribution in [0, 0.1) is 59.1 Å². The number of nitriles is 1. The van der Waals surface area contributed by atoms with Gasteiger partial charge in [-0.05, 0) is 94.4 Å². The SMILES string of the molecule is CC#N.Nc1ccc(OCc2ccccn2)c(Cl)c1.O=P(Cl)(Cl)Cl.O=[N+]([O-])c1cc2c(Cl)ncnc2cc1F.O=[N+]([O-])c1cc2c(Nc3ccc(OCc4ccccn4)c(Cl)c3)ncnc2cc1F.O=c1[nH]cnc2cc(F)c([N+](=O)[O-])cc12. The van der Waals surface area contributed by atoms with Crippen LogP contribution >= 0.6 is 73.7 Å². The van der Waals surface area contributed by atoms with Crippen molar-refractivity contribution in [2.75, 3.05) is 11.1 Å². The van der Waals surface area contributed by atoms with Crippen LogP contribution in [0.25, 0.3) is 32.7 Å². The van der Waals surface area contributed by atoms with Crippen LogP contribution in [0.15, 0.2) is 145 Å². The number of halogens is 9. The van der Waals surface area contributed by atoms with Crippen molar-refractivity contribution in [3.63, 3.8) is 0 Å². The Bertz CT molecular complexity index is 4140. The summed E-state index contributed by atoms with van der Waals surface area (Å²) in [5.74, 6) is -1.55. The molecular formula is C50H34Cl6F3N14O10P. The Hall–Kier alpha value is -9.13. The van der Waals surface area contributed by atoms with Crippen LogP contribution in [0.1, 0.15) is 18.3 Å². The number of nitrogens with one attached hydrogen (secondary N) is 2. The molecule has 84 heavy (non-hydrogen) atoms. The molecule has 0 fully saturated rings. The zero-order valence-electron chi connectivity index (χ0n) is 42.1. The highest BCUT2D eigenvalue weighted by Gasteiger charge is 2.20. The third kappa shape index (κ3) is 20.1. The Balaban J connectivity index is 0.000000205. The number of nitro groups is 3. The van der Waals surface area contributed by atoms with Gasteiger partial charge >= 0.3 is 22.3 Å². The molecule has 0 spiro atoms. The Kier molecular flexibility index (Phi) is 24.5. The van der Waals surface area contributed by atoms with Gasteiger partial charge in [0, 0.05) is 72.5 Å². The topological polar surface area (TPSA) is 350 Å². The van der Waals surface area contributed by atoms with E-state index < -0.39 is 60.0 Å². The largest absolute Gasteiger partial charge is 0.486 e. The number of rotatable bonds is 11. The van der Waals surface area contributed by atoms with E-state index in [4.69, 9.17) is 55.3 Å². The minimum absolute atomic E-state index is 0.00870. The molecule has 0 atom stereocenters. The van der Waals surface area contributed by atoms with Crippen LogP contribution in [0.3, 0.4) is 0 Å². The van der Waals surface area contributed by atoms with Gasteiger partial charge in [0.25, 0.3) is 5.56 Å². The molecule has 0 amide bonds. The maximum atomic E-state index is 13.9. The zero-order chi connectivity index (χ0) is 61.7. The highest BCUT2D eigenvalue weighted by molar-refractivity contribution is 8.24. The van der Waals surface area contributed by atoms with E-state index in [1.165, 1.54) is 13.3 Å². The molecule has 34 heteroatoms. The van der Waals surface area contributed by atoms with Crippen LogP contribution in [-0.2, 0) is 17.8 Å². The van der Waals surface area contributed by atoms with Crippen molar-refractivity contribution in [2.45, 2.75) is 20.1 Å². The lowest BCUT2D eigenvalue weighted by atomic mass is 10.2. The number of anilines is 3. The molecule has 0 unspecified atom stereocenters. The number of pyridine rings is 2. The van der Waals surface area contributed by atoms with E-state index in [0.717, 1.165) is 60.4 Å². The average molecular weight is 1290 g/mol. The fourth-order valence-electron chi connectivity index (χ4n) is 6.44. The molecule has 0 radical (unpaired) electrons. The highest BCUT2D eigenvalue weighted by atomic mass is 36.0. The number of hydrogen-bond acceptors (Lipinski definition) is 20. The molecule has 0 bridgehead atoms. The predicted octanol–water partition coefficient (Wildman–Crippen LogP) is 14.6. The van der Waals surface area contributed by atoms with E-state index in [1.807, 2.05) is 36.4 Å². The molecule has 24 nitrogen and oxygen atoms in total. The van der Waals surface area contributed by atoms with Crippen LogP contribution in [0.2, 0.25) is 15.2 Å². The number of nitrogens with two attached hydrogens (primary N) is 1. The van der Waals surface area contributed by atoms with Gasteiger partial charge in [0.2, 0.25) is 17.5 Å². The molecule has 10 rings (SSSR count). The Labute approximate surface area is 499 Å². The van der Waals surface area contributed by atoms with Gasteiger partial charge in [0.05, 0.1) is 75.9 Å². The van der Waals surface area contributed by atoms with Crippen molar-refractivity contribution in [2.24, 2.45) is 0 Å². The summed E-state index contributed by atoms with van der Waals surface area (Å²) in [6, 6.07) is 28.9. The predicted molar refractivity (Wildman–Crippen MR) is 310 cm³/mol. The number of nitrogen functional groups attached to an aromatic ring is 1. The number of H-pyrrole nitrogens is 1. The minimum Gasteiger partial charge on any atom is -0.486 e. The van der Waals surface area contributed by atoms with Crippen molar-refractivity contribution in [3.8, 4) is 17.6 Å². The van der Waals surface area contributed by atoms with Gasteiger partial charge in [-0.1, -0.05) is 46.9 Å². The second-order valence-corrected chi connectivity index (χ2v) is 23.5. The third-order valence-electron chi connectivity index (χ3n) is 10.0.